The number of ether oxygens (including phenoxy) is 2. The number of fused-ring (bicyclic) bond motifs is 1. The van der Waals surface area contributed by atoms with Crippen LogP contribution >= 0.6 is 0 Å². The van der Waals surface area contributed by atoms with Crippen LogP contribution < -0.4 is 4.74 Å². The highest BCUT2D eigenvalue weighted by molar-refractivity contribution is 6.21. The number of imide groups is 1. The molecule has 0 bridgehead atoms. The molecule has 0 radical (unpaired) electrons. The number of nitrogens with zero attached hydrogens (tertiary/aromatic N) is 4. The number of carbonyl (C=O) groups excluding carboxylic acids is 2. The molecule has 0 spiro atoms. The number of aromatic amines is 1. The van der Waals surface area contributed by atoms with Crippen LogP contribution in [0.2, 0.25) is 0 Å². The van der Waals surface area contributed by atoms with Gasteiger partial charge in [0.1, 0.15) is 5.75 Å². The van der Waals surface area contributed by atoms with Crippen LogP contribution in [0.25, 0.3) is 0 Å². The summed E-state index contributed by atoms with van der Waals surface area (Å²) in [7, 11) is 0. The summed E-state index contributed by atoms with van der Waals surface area (Å²) in [6.45, 7) is 0.379. The molecule has 0 saturated heterocycles. The van der Waals surface area contributed by atoms with E-state index in [0.29, 0.717) is 22.7 Å². The van der Waals surface area contributed by atoms with E-state index in [4.69, 9.17) is 9.47 Å². The van der Waals surface area contributed by atoms with Gasteiger partial charge in [0.05, 0.1) is 29.9 Å². The number of tetrazole rings is 1. The second-order valence-electron chi connectivity index (χ2n) is 8.32. The van der Waals surface area contributed by atoms with Crippen molar-refractivity contribution in [1.82, 2.24) is 25.5 Å². The van der Waals surface area contributed by atoms with E-state index < -0.39 is 6.04 Å². The number of H-pyrrole nitrogens is 1. The standard InChI is InChI=1S/C24H25N5O4/c30-23-19-12-11-18(33-15-22-25-27-28-26-22)13-20(19)24(31)29(23)21(16-7-3-1-4-8-16)14-32-17-9-5-2-6-10-17/h1,3-4,7-8,11-13,17,21H,2,5-6,9-10,14-15H2,(H,25,26,27,28)/t21-/m1/s1. The molecule has 2 amide bonds. The lowest BCUT2D eigenvalue weighted by molar-refractivity contribution is -0.00386. The molecule has 1 fully saturated rings. The summed E-state index contributed by atoms with van der Waals surface area (Å²) in [5, 5.41) is 13.5. The molecule has 9 nitrogen and oxygen atoms in total. The van der Waals surface area contributed by atoms with E-state index >= 15 is 0 Å². The predicted octanol–water partition coefficient (Wildman–Crippen LogP) is 3.47. The summed E-state index contributed by atoms with van der Waals surface area (Å²) in [5.41, 5.74) is 1.56. The van der Waals surface area contributed by atoms with Gasteiger partial charge in [-0.3, -0.25) is 14.5 Å². The van der Waals surface area contributed by atoms with Crippen LogP contribution in [-0.2, 0) is 11.3 Å². The third-order valence-electron chi connectivity index (χ3n) is 6.18. The first kappa shape index (κ1) is 21.3. The molecule has 1 atom stereocenters. The Labute approximate surface area is 191 Å². The summed E-state index contributed by atoms with van der Waals surface area (Å²) in [6.07, 6.45) is 5.75. The Morgan fingerprint density at radius 3 is 2.55 bits per heavy atom. The molecule has 33 heavy (non-hydrogen) atoms. The number of aromatic nitrogens is 4. The Hall–Kier alpha value is -3.59. The zero-order chi connectivity index (χ0) is 22.6. The van der Waals surface area contributed by atoms with Crippen molar-refractivity contribution in [3.63, 3.8) is 0 Å². The SMILES string of the molecule is O=C1c2ccc(OCc3nn[nH]n3)cc2C(=O)N1[C@H](COC1CCCCC1)c1ccccc1. The van der Waals surface area contributed by atoms with Crippen molar-refractivity contribution in [1.29, 1.82) is 0 Å². The van der Waals surface area contributed by atoms with Crippen LogP contribution in [0, 0.1) is 0 Å². The lowest BCUT2D eigenvalue weighted by Gasteiger charge is -2.30. The minimum atomic E-state index is -0.496. The van der Waals surface area contributed by atoms with Gasteiger partial charge >= 0.3 is 0 Å². The van der Waals surface area contributed by atoms with Crippen molar-refractivity contribution in [3.05, 3.63) is 71.0 Å². The summed E-state index contributed by atoms with van der Waals surface area (Å²) < 4.78 is 11.9. The highest BCUT2D eigenvalue weighted by Gasteiger charge is 2.41. The second kappa shape index (κ2) is 9.50. The molecule has 5 rings (SSSR count). The van der Waals surface area contributed by atoms with E-state index in [0.717, 1.165) is 31.2 Å². The molecule has 2 heterocycles. The van der Waals surface area contributed by atoms with Crippen molar-refractivity contribution >= 4 is 11.8 Å². The van der Waals surface area contributed by atoms with Gasteiger partial charge in [-0.1, -0.05) is 54.8 Å². The largest absolute Gasteiger partial charge is 0.485 e. The summed E-state index contributed by atoms with van der Waals surface area (Å²) in [6, 6.07) is 14.0. The molecule has 1 saturated carbocycles. The molecule has 1 aromatic heterocycles. The highest BCUT2D eigenvalue weighted by atomic mass is 16.5. The van der Waals surface area contributed by atoms with Gasteiger partial charge in [-0.15, -0.1) is 10.2 Å². The van der Waals surface area contributed by atoms with E-state index in [2.05, 4.69) is 20.6 Å². The first-order valence-corrected chi connectivity index (χ1v) is 11.2. The maximum Gasteiger partial charge on any atom is 0.262 e. The average Bonchev–Trinajstić information content (AvgIpc) is 3.47. The Bertz CT molecular complexity index is 1110. The van der Waals surface area contributed by atoms with E-state index in [1.807, 2.05) is 30.3 Å². The molecular formula is C24H25N5O4. The van der Waals surface area contributed by atoms with Crippen molar-refractivity contribution in [2.75, 3.05) is 6.61 Å². The van der Waals surface area contributed by atoms with Crippen LogP contribution in [0.3, 0.4) is 0 Å². The smallest absolute Gasteiger partial charge is 0.262 e. The lowest BCUT2D eigenvalue weighted by atomic mass is 9.97. The molecule has 2 aromatic carbocycles. The van der Waals surface area contributed by atoms with E-state index in [1.54, 1.807) is 18.2 Å². The third-order valence-corrected chi connectivity index (χ3v) is 6.18. The lowest BCUT2D eigenvalue weighted by Crippen LogP contribution is -2.37. The monoisotopic (exact) mass is 447 g/mol. The first-order chi connectivity index (χ1) is 16.2. The minimum absolute atomic E-state index is 0.100. The van der Waals surface area contributed by atoms with Crippen LogP contribution in [0.4, 0.5) is 0 Å². The molecular weight excluding hydrogens is 422 g/mol. The summed E-state index contributed by atoms with van der Waals surface area (Å²) in [4.78, 5) is 28.0. The fourth-order valence-corrected chi connectivity index (χ4v) is 4.46. The molecule has 1 N–H and O–H groups in total. The maximum absolute atomic E-state index is 13.4. The fourth-order valence-electron chi connectivity index (χ4n) is 4.46. The van der Waals surface area contributed by atoms with Crippen molar-refractivity contribution in [2.24, 2.45) is 0 Å². The molecule has 170 valence electrons. The molecule has 0 unspecified atom stereocenters. The van der Waals surface area contributed by atoms with E-state index in [-0.39, 0.29) is 31.1 Å². The third kappa shape index (κ3) is 4.49. The van der Waals surface area contributed by atoms with E-state index in [1.165, 1.54) is 11.3 Å². The Morgan fingerprint density at radius 2 is 1.79 bits per heavy atom. The fraction of sp³-hybridized carbons (Fsp3) is 0.375. The van der Waals surface area contributed by atoms with Gasteiger partial charge in [-0.25, -0.2) is 0 Å². The number of amides is 2. The van der Waals surface area contributed by atoms with Crippen LogP contribution in [0.1, 0.15) is 70.2 Å². The number of nitrogens with one attached hydrogen (secondary N) is 1. The van der Waals surface area contributed by atoms with Crippen LogP contribution in [0.5, 0.6) is 5.75 Å². The summed E-state index contributed by atoms with van der Waals surface area (Å²) in [5.74, 6) is 0.182. The van der Waals surface area contributed by atoms with Gasteiger partial charge in [-0.2, -0.15) is 5.21 Å². The number of hydrogen-bond acceptors (Lipinski definition) is 7. The van der Waals surface area contributed by atoms with Crippen molar-refractivity contribution in [2.45, 2.75) is 50.9 Å². The van der Waals surface area contributed by atoms with Gasteiger partial charge in [0.25, 0.3) is 11.8 Å². The zero-order valence-electron chi connectivity index (χ0n) is 18.1. The predicted molar refractivity (Wildman–Crippen MR) is 117 cm³/mol. The van der Waals surface area contributed by atoms with Crippen molar-refractivity contribution in [3.8, 4) is 5.75 Å². The highest BCUT2D eigenvalue weighted by Crippen LogP contribution is 2.34. The second-order valence-corrected chi connectivity index (χ2v) is 8.32. The average molecular weight is 447 g/mol. The van der Waals surface area contributed by atoms with Gasteiger partial charge in [0.2, 0.25) is 5.82 Å². The topological polar surface area (TPSA) is 110 Å². The van der Waals surface area contributed by atoms with E-state index in [9.17, 15) is 9.59 Å². The first-order valence-electron chi connectivity index (χ1n) is 11.2. The minimum Gasteiger partial charge on any atom is -0.485 e. The quantitative estimate of drug-likeness (QED) is 0.527. The molecule has 2 aliphatic rings. The zero-order valence-corrected chi connectivity index (χ0v) is 18.1. The number of hydrogen-bond donors (Lipinski definition) is 1. The molecule has 3 aromatic rings. The molecule has 1 aliphatic carbocycles. The number of carbonyl (C=O) groups is 2. The number of rotatable bonds is 8. The Morgan fingerprint density at radius 1 is 1.00 bits per heavy atom. The van der Waals surface area contributed by atoms with Crippen molar-refractivity contribution < 1.29 is 19.1 Å². The molecule has 9 heteroatoms. The van der Waals surface area contributed by atoms with Crippen LogP contribution in [0.15, 0.2) is 48.5 Å². The van der Waals surface area contributed by atoms with Gasteiger partial charge in [0, 0.05) is 0 Å². The maximum atomic E-state index is 13.4. The molecule has 1 aliphatic heterocycles. The van der Waals surface area contributed by atoms with Gasteiger partial charge in [-0.05, 0) is 36.6 Å². The Kier molecular flexibility index (Phi) is 6.12. The van der Waals surface area contributed by atoms with Gasteiger partial charge < -0.3 is 9.47 Å². The summed E-state index contributed by atoms with van der Waals surface area (Å²) >= 11 is 0. The number of benzene rings is 2. The van der Waals surface area contributed by atoms with Gasteiger partial charge in [0.15, 0.2) is 6.61 Å². The normalized spacial score (nSPS) is 17.3. The van der Waals surface area contributed by atoms with Crippen LogP contribution in [-0.4, -0.2) is 50.0 Å². The Balaban J connectivity index is 1.37.